The van der Waals surface area contributed by atoms with Crippen molar-refractivity contribution in [2.24, 2.45) is 0 Å². The molecule has 0 aliphatic carbocycles. The third-order valence-electron chi connectivity index (χ3n) is 4.48. The second-order valence-electron chi connectivity index (χ2n) is 5.84. The largest absolute Gasteiger partial charge is 0.392 e. The van der Waals surface area contributed by atoms with Crippen LogP contribution < -0.4 is 4.90 Å². The van der Waals surface area contributed by atoms with Crippen LogP contribution in [0.1, 0.15) is 25.3 Å². The van der Waals surface area contributed by atoms with Gasteiger partial charge in [-0.3, -0.25) is 9.69 Å². The van der Waals surface area contributed by atoms with E-state index in [0.717, 1.165) is 38.0 Å². The number of hydrogen-bond acceptors (Lipinski definition) is 3. The Kier molecular flexibility index (Phi) is 3.76. The number of likely N-dealkylation sites (tertiary alicyclic amines) is 1. The third-order valence-corrected chi connectivity index (χ3v) is 4.48. The molecule has 108 valence electrons. The van der Waals surface area contributed by atoms with Gasteiger partial charge in [-0.15, -0.1) is 0 Å². The highest BCUT2D eigenvalue weighted by molar-refractivity contribution is 5.98. The molecule has 2 atom stereocenters. The number of β-amino-alcohol motifs (C(OH)–C–C–N with tert-alkyl or cyclic N) is 1. The lowest BCUT2D eigenvalue weighted by Gasteiger charge is -2.34. The molecule has 0 bridgehead atoms. The van der Waals surface area contributed by atoms with E-state index in [-0.39, 0.29) is 18.1 Å². The number of aliphatic hydroxyl groups excluding tert-OH is 1. The minimum Gasteiger partial charge on any atom is -0.392 e. The summed E-state index contributed by atoms with van der Waals surface area (Å²) < 4.78 is 0. The van der Waals surface area contributed by atoms with Crippen LogP contribution in [0.5, 0.6) is 0 Å². The zero-order valence-electron chi connectivity index (χ0n) is 12.0. The Balaban J connectivity index is 1.78. The predicted octanol–water partition coefficient (Wildman–Crippen LogP) is 1.42. The van der Waals surface area contributed by atoms with E-state index in [1.807, 2.05) is 30.0 Å². The Hall–Kier alpha value is -1.39. The number of benzene rings is 1. The molecule has 0 saturated carbocycles. The van der Waals surface area contributed by atoms with Gasteiger partial charge in [0.15, 0.2) is 0 Å². The summed E-state index contributed by atoms with van der Waals surface area (Å²) in [5.41, 5.74) is 2.33. The van der Waals surface area contributed by atoms with Crippen molar-refractivity contribution in [1.82, 2.24) is 4.90 Å². The Bertz CT molecular complexity index is 503. The van der Waals surface area contributed by atoms with Crippen molar-refractivity contribution in [3.63, 3.8) is 0 Å². The van der Waals surface area contributed by atoms with Gasteiger partial charge in [-0.2, -0.15) is 0 Å². The van der Waals surface area contributed by atoms with Crippen LogP contribution in [-0.4, -0.2) is 47.7 Å². The number of hydrogen-bond donors (Lipinski definition) is 1. The van der Waals surface area contributed by atoms with Gasteiger partial charge in [-0.1, -0.05) is 18.2 Å². The summed E-state index contributed by atoms with van der Waals surface area (Å²) in [6.07, 6.45) is 2.57. The van der Waals surface area contributed by atoms with Crippen molar-refractivity contribution in [1.29, 1.82) is 0 Å². The van der Waals surface area contributed by atoms with Crippen LogP contribution in [0.15, 0.2) is 24.3 Å². The molecule has 20 heavy (non-hydrogen) atoms. The summed E-state index contributed by atoms with van der Waals surface area (Å²) in [4.78, 5) is 16.8. The lowest BCUT2D eigenvalue weighted by molar-refractivity contribution is -0.123. The van der Waals surface area contributed by atoms with Crippen LogP contribution in [0, 0.1) is 0 Å². The van der Waals surface area contributed by atoms with E-state index in [1.165, 1.54) is 5.56 Å². The van der Waals surface area contributed by atoms with Gasteiger partial charge in [-0.25, -0.2) is 0 Å². The maximum absolute atomic E-state index is 12.8. The normalized spacial score (nSPS) is 24.5. The fraction of sp³-hybridized carbons (Fsp3) is 0.562. The molecular weight excluding hydrogens is 252 g/mol. The SMILES string of the molecule is CC(C(=O)N1CCCc2ccccc21)N1CC[C@H](O)C1. The molecule has 1 aromatic rings. The molecule has 1 saturated heterocycles. The number of fused-ring (bicyclic) bond motifs is 1. The summed E-state index contributed by atoms with van der Waals surface area (Å²) in [6.45, 7) is 4.18. The molecule has 2 aliphatic heterocycles. The van der Waals surface area contributed by atoms with Gasteiger partial charge < -0.3 is 10.0 Å². The maximum Gasteiger partial charge on any atom is 0.244 e. The quantitative estimate of drug-likeness (QED) is 0.887. The number of carbonyl (C=O) groups excluding carboxylic acids is 1. The average Bonchev–Trinajstić information content (AvgIpc) is 2.91. The average molecular weight is 274 g/mol. The van der Waals surface area contributed by atoms with Gasteiger partial charge in [0.2, 0.25) is 5.91 Å². The van der Waals surface area contributed by atoms with E-state index in [2.05, 4.69) is 11.0 Å². The first-order chi connectivity index (χ1) is 9.66. The highest BCUT2D eigenvalue weighted by Crippen LogP contribution is 2.28. The molecule has 1 amide bonds. The van der Waals surface area contributed by atoms with Crippen molar-refractivity contribution >= 4 is 11.6 Å². The lowest BCUT2D eigenvalue weighted by atomic mass is 10.0. The van der Waals surface area contributed by atoms with Crippen molar-refractivity contribution in [2.45, 2.75) is 38.3 Å². The van der Waals surface area contributed by atoms with Crippen LogP contribution in [0.4, 0.5) is 5.69 Å². The minimum atomic E-state index is -0.279. The topological polar surface area (TPSA) is 43.8 Å². The highest BCUT2D eigenvalue weighted by Gasteiger charge is 2.32. The van der Waals surface area contributed by atoms with E-state index >= 15 is 0 Å². The second-order valence-corrected chi connectivity index (χ2v) is 5.84. The Morgan fingerprint density at radius 1 is 1.35 bits per heavy atom. The first kappa shape index (κ1) is 13.6. The van der Waals surface area contributed by atoms with Crippen LogP contribution in [-0.2, 0) is 11.2 Å². The first-order valence-electron chi connectivity index (χ1n) is 7.48. The van der Waals surface area contributed by atoms with Crippen molar-refractivity contribution in [3.05, 3.63) is 29.8 Å². The van der Waals surface area contributed by atoms with Gasteiger partial charge >= 0.3 is 0 Å². The molecule has 2 heterocycles. The Morgan fingerprint density at radius 3 is 2.90 bits per heavy atom. The maximum atomic E-state index is 12.8. The third kappa shape index (κ3) is 2.45. The number of aliphatic hydroxyl groups is 1. The van der Waals surface area contributed by atoms with Crippen LogP contribution in [0.3, 0.4) is 0 Å². The van der Waals surface area contributed by atoms with E-state index < -0.39 is 0 Å². The molecule has 1 aromatic carbocycles. The summed E-state index contributed by atoms with van der Waals surface area (Å²) >= 11 is 0. The van der Waals surface area contributed by atoms with Gasteiger partial charge in [0.1, 0.15) is 0 Å². The molecule has 0 radical (unpaired) electrons. The Morgan fingerprint density at radius 2 is 2.15 bits per heavy atom. The molecule has 3 rings (SSSR count). The molecule has 4 nitrogen and oxygen atoms in total. The molecule has 2 aliphatic rings. The molecule has 0 spiro atoms. The van der Waals surface area contributed by atoms with Crippen molar-refractivity contribution in [2.75, 3.05) is 24.5 Å². The zero-order chi connectivity index (χ0) is 14.1. The fourth-order valence-electron chi connectivity index (χ4n) is 3.26. The van der Waals surface area contributed by atoms with Crippen LogP contribution in [0.25, 0.3) is 0 Å². The van der Waals surface area contributed by atoms with Gasteiger partial charge in [0.05, 0.1) is 12.1 Å². The smallest absolute Gasteiger partial charge is 0.244 e. The summed E-state index contributed by atoms with van der Waals surface area (Å²) in [5.74, 6) is 0.159. The lowest BCUT2D eigenvalue weighted by Crippen LogP contribution is -2.48. The predicted molar refractivity (Wildman–Crippen MR) is 78.8 cm³/mol. The molecule has 1 unspecified atom stereocenters. The number of aryl methyl sites for hydroxylation is 1. The van der Waals surface area contributed by atoms with Crippen molar-refractivity contribution < 1.29 is 9.90 Å². The summed E-state index contributed by atoms with van der Waals surface area (Å²) in [6, 6.07) is 8.02. The van der Waals surface area contributed by atoms with Gasteiger partial charge in [0, 0.05) is 25.3 Å². The fourth-order valence-corrected chi connectivity index (χ4v) is 3.26. The summed E-state index contributed by atoms with van der Waals surface area (Å²) in [7, 11) is 0. The monoisotopic (exact) mass is 274 g/mol. The van der Waals surface area contributed by atoms with Crippen molar-refractivity contribution in [3.8, 4) is 0 Å². The van der Waals surface area contributed by atoms with Gasteiger partial charge in [0.25, 0.3) is 0 Å². The number of rotatable bonds is 2. The molecule has 0 aromatic heterocycles. The standard InChI is InChI=1S/C16H22N2O2/c1-12(17-10-8-14(19)11-17)16(20)18-9-4-6-13-5-2-3-7-15(13)18/h2-3,5,7,12,14,19H,4,6,8-11H2,1H3/t12?,14-/m0/s1. The number of carbonyl (C=O) groups is 1. The molecule has 1 fully saturated rings. The molecule has 1 N–H and O–H groups in total. The minimum absolute atomic E-state index is 0.154. The first-order valence-corrected chi connectivity index (χ1v) is 7.48. The van der Waals surface area contributed by atoms with E-state index in [0.29, 0.717) is 6.54 Å². The zero-order valence-corrected chi connectivity index (χ0v) is 12.0. The van der Waals surface area contributed by atoms with E-state index in [9.17, 15) is 9.90 Å². The molecule has 4 heteroatoms. The number of amides is 1. The Labute approximate surface area is 120 Å². The number of nitrogens with zero attached hydrogens (tertiary/aromatic N) is 2. The number of anilines is 1. The van der Waals surface area contributed by atoms with Crippen LogP contribution >= 0.6 is 0 Å². The highest BCUT2D eigenvalue weighted by atomic mass is 16.3. The van der Waals surface area contributed by atoms with Gasteiger partial charge in [-0.05, 0) is 37.8 Å². The number of para-hydroxylation sites is 1. The second kappa shape index (κ2) is 5.54. The van der Waals surface area contributed by atoms with Crippen LogP contribution in [0.2, 0.25) is 0 Å². The van der Waals surface area contributed by atoms with E-state index in [1.54, 1.807) is 0 Å². The molecular formula is C16H22N2O2. The van der Waals surface area contributed by atoms with E-state index in [4.69, 9.17) is 0 Å². The summed E-state index contributed by atoms with van der Waals surface area (Å²) in [5, 5.41) is 9.63.